The van der Waals surface area contributed by atoms with Crippen molar-refractivity contribution in [2.75, 3.05) is 0 Å². The molecule has 1 saturated carbocycles. The molecule has 0 radical (unpaired) electrons. The molecule has 0 bridgehead atoms. The molecule has 0 saturated heterocycles. The summed E-state index contributed by atoms with van der Waals surface area (Å²) in [5.74, 6) is 0.771. The summed E-state index contributed by atoms with van der Waals surface area (Å²) in [4.78, 5) is 16.5. The number of aromatic carboxylic acids is 1. The van der Waals surface area contributed by atoms with Crippen LogP contribution in [0.5, 0.6) is 0 Å². The molecule has 4 nitrogen and oxygen atoms in total. The molecule has 0 aliphatic heterocycles. The molecule has 1 N–H and O–H groups in total. The van der Waals surface area contributed by atoms with Crippen molar-refractivity contribution in [1.82, 2.24) is 9.55 Å². The van der Waals surface area contributed by atoms with Gasteiger partial charge in [-0.25, -0.2) is 9.78 Å². The molecule has 1 heterocycles. The molecule has 3 aromatic rings. The van der Waals surface area contributed by atoms with Gasteiger partial charge in [0, 0.05) is 12.5 Å². The predicted molar refractivity (Wildman–Crippen MR) is 130 cm³/mol. The number of nitrogens with zero attached hydrogens (tertiary/aromatic N) is 2. The van der Waals surface area contributed by atoms with E-state index in [1.807, 2.05) is 6.07 Å². The highest BCUT2D eigenvalue weighted by Crippen LogP contribution is 2.45. The Bertz CT molecular complexity index is 1130. The fraction of sp³-hybridized carbons (Fsp3) is 0.500. The van der Waals surface area contributed by atoms with Crippen molar-refractivity contribution in [3.63, 3.8) is 0 Å². The number of hydrogen-bond acceptors (Lipinski definition) is 2. The smallest absolute Gasteiger partial charge is 0.335 e. The summed E-state index contributed by atoms with van der Waals surface area (Å²) >= 11 is 0. The van der Waals surface area contributed by atoms with E-state index in [1.165, 1.54) is 17.5 Å². The van der Waals surface area contributed by atoms with Gasteiger partial charge in [0.15, 0.2) is 0 Å². The van der Waals surface area contributed by atoms with E-state index in [9.17, 15) is 9.90 Å². The van der Waals surface area contributed by atoms with Crippen molar-refractivity contribution in [2.24, 2.45) is 11.3 Å². The van der Waals surface area contributed by atoms with Crippen molar-refractivity contribution < 1.29 is 9.90 Å². The van der Waals surface area contributed by atoms with E-state index in [4.69, 9.17) is 4.98 Å². The van der Waals surface area contributed by atoms with Crippen LogP contribution in [-0.4, -0.2) is 20.6 Å². The summed E-state index contributed by atoms with van der Waals surface area (Å²) < 4.78 is 2.41. The second-order valence-corrected chi connectivity index (χ2v) is 11.6. The van der Waals surface area contributed by atoms with Crippen molar-refractivity contribution in [2.45, 2.75) is 78.7 Å². The highest BCUT2D eigenvalue weighted by atomic mass is 16.4. The molecule has 1 aliphatic carbocycles. The minimum absolute atomic E-state index is 0.128. The van der Waals surface area contributed by atoms with Crippen LogP contribution in [0.3, 0.4) is 0 Å². The number of carboxylic acids is 1. The first-order valence-electron chi connectivity index (χ1n) is 11.8. The van der Waals surface area contributed by atoms with Gasteiger partial charge in [0.05, 0.1) is 16.6 Å². The van der Waals surface area contributed by atoms with Gasteiger partial charge in [0.1, 0.15) is 5.82 Å². The van der Waals surface area contributed by atoms with E-state index in [-0.39, 0.29) is 10.8 Å². The van der Waals surface area contributed by atoms with Crippen LogP contribution in [0.4, 0.5) is 0 Å². The lowest BCUT2D eigenvalue weighted by Gasteiger charge is -2.40. The van der Waals surface area contributed by atoms with Gasteiger partial charge in [-0.2, -0.15) is 0 Å². The number of carbonyl (C=O) groups is 1. The molecule has 32 heavy (non-hydrogen) atoms. The number of fused-ring (bicyclic) bond motifs is 1. The van der Waals surface area contributed by atoms with Crippen LogP contribution < -0.4 is 0 Å². The van der Waals surface area contributed by atoms with Crippen LogP contribution in [0.15, 0.2) is 42.5 Å². The molecule has 2 atom stereocenters. The zero-order chi connectivity index (χ0) is 23.3. The maximum Gasteiger partial charge on any atom is 0.335 e. The number of aromatic nitrogens is 2. The van der Waals surface area contributed by atoms with Crippen LogP contribution >= 0.6 is 0 Å². The van der Waals surface area contributed by atoms with E-state index in [1.54, 1.807) is 12.1 Å². The highest BCUT2D eigenvalue weighted by Gasteiger charge is 2.34. The van der Waals surface area contributed by atoms with Gasteiger partial charge >= 0.3 is 5.97 Å². The third kappa shape index (κ3) is 4.60. The number of imidazole rings is 1. The highest BCUT2D eigenvalue weighted by molar-refractivity contribution is 5.92. The van der Waals surface area contributed by atoms with E-state index >= 15 is 0 Å². The quantitative estimate of drug-likeness (QED) is 0.482. The molecule has 0 spiro atoms. The first-order valence-corrected chi connectivity index (χ1v) is 11.8. The number of carboxylic acid groups (broad SMARTS) is 1. The molecule has 4 rings (SSSR count). The van der Waals surface area contributed by atoms with E-state index < -0.39 is 5.97 Å². The summed E-state index contributed by atoms with van der Waals surface area (Å²) in [7, 11) is 0. The fourth-order valence-corrected chi connectivity index (χ4v) is 5.61. The normalized spacial score (nSPS) is 21.1. The van der Waals surface area contributed by atoms with Crippen LogP contribution in [0.25, 0.3) is 11.0 Å². The zero-order valence-corrected chi connectivity index (χ0v) is 20.3. The van der Waals surface area contributed by atoms with E-state index in [0.29, 0.717) is 17.5 Å². The third-order valence-corrected chi connectivity index (χ3v) is 6.92. The Labute approximate surface area is 191 Å². The molecule has 1 aromatic heterocycles. The molecule has 0 unspecified atom stereocenters. The van der Waals surface area contributed by atoms with Gasteiger partial charge in [-0.15, -0.1) is 0 Å². The van der Waals surface area contributed by atoms with Crippen LogP contribution in [-0.2, 0) is 11.8 Å². The van der Waals surface area contributed by atoms with Gasteiger partial charge in [-0.3, -0.25) is 0 Å². The van der Waals surface area contributed by atoms with E-state index in [2.05, 4.69) is 70.4 Å². The van der Waals surface area contributed by atoms with Gasteiger partial charge in [-0.1, -0.05) is 65.8 Å². The SMILES string of the molecule is C[C@H]1C[C@@H](n2c(Cc3ccc(C(C)(C)C)cc3)nc3cc(C(=O)O)ccc32)CC(C)(C)C1. The maximum atomic E-state index is 11.5. The van der Waals surface area contributed by atoms with Crippen molar-refractivity contribution in [3.05, 3.63) is 65.0 Å². The molecule has 0 amide bonds. The van der Waals surface area contributed by atoms with Gasteiger partial charge in [-0.05, 0) is 65.3 Å². The minimum Gasteiger partial charge on any atom is -0.478 e. The number of rotatable bonds is 4. The predicted octanol–water partition coefficient (Wildman–Crippen LogP) is 7.01. The topological polar surface area (TPSA) is 55.1 Å². The van der Waals surface area contributed by atoms with Crippen LogP contribution in [0.2, 0.25) is 0 Å². The second kappa shape index (κ2) is 8.06. The Kier molecular flexibility index (Phi) is 5.68. The lowest BCUT2D eigenvalue weighted by Crippen LogP contribution is -2.30. The second-order valence-electron chi connectivity index (χ2n) is 11.6. The minimum atomic E-state index is -0.909. The molecule has 4 heteroatoms. The van der Waals surface area contributed by atoms with Gasteiger partial charge in [0.25, 0.3) is 0 Å². The molecule has 170 valence electrons. The average molecular weight is 433 g/mol. The Hall–Kier alpha value is -2.62. The number of benzene rings is 2. The Balaban J connectivity index is 1.78. The number of hydrogen-bond donors (Lipinski definition) is 1. The molecular formula is C28H36N2O2. The summed E-state index contributed by atoms with van der Waals surface area (Å²) in [6.07, 6.45) is 4.22. The Morgan fingerprint density at radius 1 is 1.12 bits per heavy atom. The van der Waals surface area contributed by atoms with Crippen LogP contribution in [0, 0.1) is 11.3 Å². The Morgan fingerprint density at radius 2 is 1.81 bits per heavy atom. The summed E-state index contributed by atoms with van der Waals surface area (Å²) in [5.41, 5.74) is 5.09. The third-order valence-electron chi connectivity index (χ3n) is 6.92. The average Bonchev–Trinajstić information content (AvgIpc) is 3.03. The summed E-state index contributed by atoms with van der Waals surface area (Å²) in [6.45, 7) is 13.8. The Morgan fingerprint density at radius 3 is 2.41 bits per heavy atom. The van der Waals surface area contributed by atoms with Crippen molar-refractivity contribution in [1.29, 1.82) is 0 Å². The summed E-state index contributed by atoms with van der Waals surface area (Å²) in [6, 6.07) is 14.6. The molecule has 2 aromatic carbocycles. The first-order chi connectivity index (χ1) is 14.9. The lowest BCUT2D eigenvalue weighted by molar-refractivity contribution is 0.0697. The first kappa shape index (κ1) is 22.6. The zero-order valence-electron chi connectivity index (χ0n) is 20.3. The fourth-order valence-electron chi connectivity index (χ4n) is 5.61. The van der Waals surface area contributed by atoms with Crippen molar-refractivity contribution >= 4 is 17.0 Å². The maximum absolute atomic E-state index is 11.5. The molecular weight excluding hydrogens is 396 g/mol. The van der Waals surface area contributed by atoms with Gasteiger partial charge < -0.3 is 9.67 Å². The largest absolute Gasteiger partial charge is 0.478 e. The van der Waals surface area contributed by atoms with Gasteiger partial charge in [0.2, 0.25) is 0 Å². The monoisotopic (exact) mass is 432 g/mol. The van der Waals surface area contributed by atoms with Crippen molar-refractivity contribution in [3.8, 4) is 0 Å². The standard InChI is InChI=1S/C28H36N2O2/c1-18-13-22(17-28(5,6)16-18)30-24-12-9-20(26(31)32)15-23(24)29-25(30)14-19-7-10-21(11-8-19)27(2,3)4/h7-12,15,18,22H,13-14,16-17H2,1-6H3,(H,31,32)/t18-,22+/m0/s1. The van der Waals surface area contributed by atoms with E-state index in [0.717, 1.165) is 36.1 Å². The van der Waals surface area contributed by atoms with Crippen LogP contribution in [0.1, 0.15) is 94.2 Å². The summed E-state index contributed by atoms with van der Waals surface area (Å²) in [5, 5.41) is 9.46. The lowest BCUT2D eigenvalue weighted by atomic mass is 9.70. The molecule has 1 fully saturated rings. The molecule has 1 aliphatic rings.